The van der Waals surface area contributed by atoms with Crippen LogP contribution in [0.3, 0.4) is 0 Å². The molecule has 30 heavy (non-hydrogen) atoms. The maximum absolute atomic E-state index is 12.4. The molecule has 0 bridgehead atoms. The van der Waals surface area contributed by atoms with Crippen LogP contribution in [-0.2, 0) is 11.3 Å². The van der Waals surface area contributed by atoms with Crippen LogP contribution in [-0.4, -0.2) is 70.2 Å². The highest BCUT2D eigenvalue weighted by Crippen LogP contribution is 2.22. The number of non-ortho nitro benzene ring substituents is 1. The number of nitro benzene ring substituents is 1. The summed E-state index contributed by atoms with van der Waals surface area (Å²) in [5.41, 5.74) is 0.757. The van der Waals surface area contributed by atoms with Crippen LogP contribution in [0.15, 0.2) is 34.9 Å². The Bertz CT molecular complexity index is 948. The van der Waals surface area contributed by atoms with Crippen molar-refractivity contribution in [2.24, 2.45) is 0 Å². The SMILES string of the molecule is O=C(NC1CN(C(=O)c2coc(N3CC(O)C3)n2)C1)OCc1ccc([N+](=O)[O-])cc1. The van der Waals surface area contributed by atoms with Crippen molar-refractivity contribution in [3.05, 3.63) is 51.9 Å². The van der Waals surface area contributed by atoms with Crippen LogP contribution in [0.2, 0.25) is 0 Å². The van der Waals surface area contributed by atoms with E-state index in [9.17, 15) is 24.8 Å². The van der Waals surface area contributed by atoms with Gasteiger partial charge in [0.15, 0.2) is 5.69 Å². The molecule has 0 atom stereocenters. The zero-order valence-electron chi connectivity index (χ0n) is 15.8. The number of benzene rings is 1. The van der Waals surface area contributed by atoms with Gasteiger partial charge in [0.25, 0.3) is 17.6 Å². The second kappa shape index (κ2) is 7.99. The van der Waals surface area contributed by atoms with E-state index in [1.54, 1.807) is 4.90 Å². The highest BCUT2D eigenvalue weighted by Gasteiger charge is 2.35. The molecule has 2 fully saturated rings. The maximum Gasteiger partial charge on any atom is 0.407 e. The third-order valence-electron chi connectivity index (χ3n) is 4.85. The van der Waals surface area contributed by atoms with E-state index in [1.165, 1.54) is 35.4 Å². The largest absolute Gasteiger partial charge is 0.445 e. The number of nitrogens with zero attached hydrogens (tertiary/aromatic N) is 4. The lowest BCUT2D eigenvalue weighted by atomic mass is 10.1. The van der Waals surface area contributed by atoms with Gasteiger partial charge in [0.1, 0.15) is 12.9 Å². The minimum atomic E-state index is -0.634. The lowest BCUT2D eigenvalue weighted by Crippen LogP contribution is -2.61. The van der Waals surface area contributed by atoms with Gasteiger partial charge in [-0.15, -0.1) is 0 Å². The van der Waals surface area contributed by atoms with E-state index in [2.05, 4.69) is 10.3 Å². The number of β-amino-alcohol motifs (C(OH)–C–C–N with tert-alkyl or cyclic N) is 1. The fourth-order valence-corrected chi connectivity index (χ4v) is 3.09. The summed E-state index contributed by atoms with van der Waals surface area (Å²) in [5.74, 6) is -0.302. The number of aromatic nitrogens is 1. The summed E-state index contributed by atoms with van der Waals surface area (Å²) in [5, 5.41) is 22.6. The van der Waals surface area contributed by atoms with Crippen molar-refractivity contribution in [1.82, 2.24) is 15.2 Å². The molecule has 2 aliphatic rings. The number of amides is 2. The molecule has 0 aliphatic carbocycles. The van der Waals surface area contributed by atoms with Crippen molar-refractivity contribution < 1.29 is 28.8 Å². The average Bonchev–Trinajstić information content (AvgIpc) is 3.16. The topological polar surface area (TPSA) is 151 Å². The maximum atomic E-state index is 12.4. The van der Waals surface area contributed by atoms with Gasteiger partial charge in [-0.1, -0.05) is 0 Å². The summed E-state index contributed by atoms with van der Waals surface area (Å²) in [6.45, 7) is 1.45. The number of carbonyl (C=O) groups excluding carboxylic acids is 2. The number of hydrogen-bond acceptors (Lipinski definition) is 9. The standard InChI is InChI=1S/C18H19N5O7/c24-14-7-22(8-14)17-20-15(10-29-17)16(25)21-5-12(6-21)19-18(26)30-9-11-1-3-13(4-2-11)23(27)28/h1-4,10,12,14,24H,5-9H2,(H,19,26). The lowest BCUT2D eigenvalue weighted by Gasteiger charge is -2.38. The minimum Gasteiger partial charge on any atom is -0.445 e. The summed E-state index contributed by atoms with van der Waals surface area (Å²) >= 11 is 0. The second-order valence-electron chi connectivity index (χ2n) is 7.13. The number of nitro groups is 1. The number of anilines is 1. The van der Waals surface area contributed by atoms with Crippen molar-refractivity contribution in [2.75, 3.05) is 31.1 Å². The quantitative estimate of drug-likeness (QED) is 0.506. The van der Waals surface area contributed by atoms with Gasteiger partial charge in [-0.05, 0) is 17.7 Å². The lowest BCUT2D eigenvalue weighted by molar-refractivity contribution is -0.384. The zero-order valence-corrected chi connectivity index (χ0v) is 15.8. The fraction of sp³-hybridized carbons (Fsp3) is 0.389. The van der Waals surface area contributed by atoms with Gasteiger partial charge in [0.2, 0.25) is 0 Å². The third-order valence-corrected chi connectivity index (χ3v) is 4.85. The molecule has 4 rings (SSSR count). The van der Waals surface area contributed by atoms with Gasteiger partial charge in [-0.25, -0.2) is 4.79 Å². The number of aliphatic hydroxyl groups excluding tert-OH is 1. The van der Waals surface area contributed by atoms with E-state index in [1.807, 2.05) is 0 Å². The van der Waals surface area contributed by atoms with E-state index in [0.717, 1.165) is 0 Å². The monoisotopic (exact) mass is 417 g/mol. The first-order valence-corrected chi connectivity index (χ1v) is 9.23. The molecule has 2 aromatic rings. The first-order valence-electron chi connectivity index (χ1n) is 9.23. The Hall–Kier alpha value is -3.67. The highest BCUT2D eigenvalue weighted by molar-refractivity contribution is 5.93. The van der Waals surface area contributed by atoms with Crippen molar-refractivity contribution >= 4 is 23.7 Å². The molecule has 2 saturated heterocycles. The molecule has 158 valence electrons. The van der Waals surface area contributed by atoms with Gasteiger partial charge in [-0.3, -0.25) is 14.9 Å². The average molecular weight is 417 g/mol. The normalized spacial score (nSPS) is 16.6. The van der Waals surface area contributed by atoms with E-state index in [4.69, 9.17) is 9.15 Å². The van der Waals surface area contributed by atoms with Crippen LogP contribution in [0.5, 0.6) is 0 Å². The van der Waals surface area contributed by atoms with Gasteiger partial charge in [0, 0.05) is 25.2 Å². The Morgan fingerprint density at radius 1 is 1.27 bits per heavy atom. The number of nitrogens with one attached hydrogen (secondary N) is 1. The van der Waals surface area contributed by atoms with E-state index in [0.29, 0.717) is 37.8 Å². The van der Waals surface area contributed by atoms with E-state index < -0.39 is 17.1 Å². The van der Waals surface area contributed by atoms with Crippen LogP contribution in [0.1, 0.15) is 16.1 Å². The number of alkyl carbamates (subject to hydrolysis) is 1. The van der Waals surface area contributed by atoms with Crippen LogP contribution in [0.4, 0.5) is 16.5 Å². The van der Waals surface area contributed by atoms with Crippen molar-refractivity contribution in [1.29, 1.82) is 0 Å². The Balaban J connectivity index is 1.18. The Labute approximate surface area is 170 Å². The fourth-order valence-electron chi connectivity index (χ4n) is 3.09. The van der Waals surface area contributed by atoms with Crippen molar-refractivity contribution in [3.8, 4) is 0 Å². The molecule has 12 heteroatoms. The molecule has 0 saturated carbocycles. The number of rotatable bonds is 6. The summed E-state index contributed by atoms with van der Waals surface area (Å²) < 4.78 is 10.4. The second-order valence-corrected chi connectivity index (χ2v) is 7.13. The van der Waals surface area contributed by atoms with Gasteiger partial charge >= 0.3 is 6.09 Å². The molecule has 0 spiro atoms. The molecular formula is C18H19N5O7. The number of carbonyl (C=O) groups is 2. The Morgan fingerprint density at radius 3 is 2.60 bits per heavy atom. The zero-order chi connectivity index (χ0) is 21.3. The van der Waals surface area contributed by atoms with Gasteiger partial charge in [-0.2, -0.15) is 4.98 Å². The van der Waals surface area contributed by atoms with E-state index >= 15 is 0 Å². The van der Waals surface area contributed by atoms with Crippen molar-refractivity contribution in [2.45, 2.75) is 18.8 Å². The first-order chi connectivity index (χ1) is 14.4. The molecule has 12 nitrogen and oxygen atoms in total. The Kier molecular flexibility index (Phi) is 5.23. The molecule has 1 aromatic heterocycles. The Morgan fingerprint density at radius 2 is 1.97 bits per heavy atom. The third kappa shape index (κ3) is 4.17. The van der Waals surface area contributed by atoms with E-state index in [-0.39, 0.29) is 29.9 Å². The molecule has 0 radical (unpaired) electrons. The number of ether oxygens (including phenoxy) is 1. The summed E-state index contributed by atoms with van der Waals surface area (Å²) in [6.07, 6.45) is 0.241. The number of oxazole rings is 1. The predicted molar refractivity (Wildman–Crippen MR) is 101 cm³/mol. The molecule has 2 N–H and O–H groups in total. The van der Waals surface area contributed by atoms with Crippen LogP contribution in [0, 0.1) is 10.1 Å². The van der Waals surface area contributed by atoms with Gasteiger partial charge < -0.3 is 29.4 Å². The molecule has 0 unspecified atom stereocenters. The van der Waals surface area contributed by atoms with Crippen LogP contribution in [0.25, 0.3) is 0 Å². The van der Waals surface area contributed by atoms with Crippen LogP contribution < -0.4 is 10.2 Å². The molecule has 3 heterocycles. The smallest absolute Gasteiger partial charge is 0.407 e. The minimum absolute atomic E-state index is 0.0217. The highest BCUT2D eigenvalue weighted by atomic mass is 16.6. The first kappa shape index (κ1) is 19.6. The summed E-state index contributed by atoms with van der Waals surface area (Å²) in [4.78, 5) is 41.8. The summed E-state index contributed by atoms with van der Waals surface area (Å²) in [7, 11) is 0. The molecule has 1 aromatic carbocycles. The predicted octanol–water partition coefficient (Wildman–Crippen LogP) is 0.515. The van der Waals surface area contributed by atoms with Crippen LogP contribution >= 0.6 is 0 Å². The molecule has 2 aliphatic heterocycles. The molecule has 2 amide bonds. The number of likely N-dealkylation sites (tertiary alicyclic amines) is 1. The van der Waals surface area contributed by atoms with Crippen molar-refractivity contribution in [3.63, 3.8) is 0 Å². The molecular weight excluding hydrogens is 398 g/mol. The summed E-state index contributed by atoms with van der Waals surface area (Å²) in [6, 6.07) is 5.77. The van der Waals surface area contributed by atoms with Gasteiger partial charge in [0.05, 0.1) is 30.2 Å². The number of aliphatic hydroxyl groups is 1. The number of hydrogen-bond donors (Lipinski definition) is 2.